The van der Waals surface area contributed by atoms with Gasteiger partial charge in [0.05, 0.1) is 5.25 Å². The number of nitrogens with zero attached hydrogens (tertiary/aromatic N) is 1. The summed E-state index contributed by atoms with van der Waals surface area (Å²) in [4.78, 5) is 16.6. The lowest BCUT2D eigenvalue weighted by molar-refractivity contribution is -0.115. The minimum absolute atomic E-state index is 0.0730. The van der Waals surface area contributed by atoms with E-state index in [-0.39, 0.29) is 11.2 Å². The Morgan fingerprint density at radius 3 is 2.64 bits per heavy atom. The van der Waals surface area contributed by atoms with Crippen molar-refractivity contribution in [3.63, 3.8) is 0 Å². The number of carbonyl (C=O) groups excluding carboxylic acids is 1. The Balaban J connectivity index is 1.66. The predicted octanol–water partition coefficient (Wildman–Crippen LogP) is 4.26. The number of hydrogen-bond donors (Lipinski definition) is 1. The summed E-state index contributed by atoms with van der Waals surface area (Å²) >= 11 is 1.31. The summed E-state index contributed by atoms with van der Waals surface area (Å²) in [6.45, 7) is 3.85. The first-order valence-corrected chi connectivity index (χ1v) is 7.89. The van der Waals surface area contributed by atoms with Gasteiger partial charge < -0.3 is 9.73 Å². The molecule has 4 nitrogen and oxygen atoms in total. The highest BCUT2D eigenvalue weighted by atomic mass is 32.2. The second kappa shape index (κ2) is 6.23. The van der Waals surface area contributed by atoms with E-state index >= 15 is 0 Å². The SMILES string of the molecule is Cc1ccc(NC(=O)[C@H](C)Sc2nc3ccccc3o2)cc1. The second-order valence-electron chi connectivity index (χ2n) is 5.06. The van der Waals surface area contributed by atoms with Gasteiger partial charge in [0.2, 0.25) is 5.91 Å². The third kappa shape index (κ3) is 3.31. The minimum Gasteiger partial charge on any atom is -0.431 e. The molecule has 0 spiro atoms. The van der Waals surface area contributed by atoms with Crippen LogP contribution in [0.5, 0.6) is 0 Å². The smallest absolute Gasteiger partial charge is 0.257 e. The average Bonchev–Trinajstić information content (AvgIpc) is 2.91. The van der Waals surface area contributed by atoms with Gasteiger partial charge in [-0.3, -0.25) is 4.79 Å². The third-order valence-electron chi connectivity index (χ3n) is 3.24. The molecule has 0 fully saturated rings. The van der Waals surface area contributed by atoms with Crippen molar-refractivity contribution in [1.82, 2.24) is 4.98 Å². The van der Waals surface area contributed by atoms with E-state index in [1.807, 2.05) is 62.4 Å². The van der Waals surface area contributed by atoms with Crippen molar-refractivity contribution in [2.75, 3.05) is 5.32 Å². The minimum atomic E-state index is -0.297. The highest BCUT2D eigenvalue weighted by Crippen LogP contribution is 2.27. The Bertz CT molecular complexity index is 763. The molecule has 112 valence electrons. The first-order valence-electron chi connectivity index (χ1n) is 7.01. The van der Waals surface area contributed by atoms with E-state index in [2.05, 4.69) is 10.3 Å². The van der Waals surface area contributed by atoms with Gasteiger partial charge in [-0.25, -0.2) is 4.98 Å². The number of oxazole rings is 1. The van der Waals surface area contributed by atoms with Crippen LogP contribution in [-0.2, 0) is 4.79 Å². The van der Waals surface area contributed by atoms with Gasteiger partial charge in [-0.1, -0.05) is 41.6 Å². The molecule has 0 unspecified atom stereocenters. The van der Waals surface area contributed by atoms with Gasteiger partial charge in [0.15, 0.2) is 5.58 Å². The molecule has 1 amide bonds. The summed E-state index contributed by atoms with van der Waals surface area (Å²) in [6, 6.07) is 15.3. The van der Waals surface area contributed by atoms with Crippen LogP contribution in [0.4, 0.5) is 5.69 Å². The third-order valence-corrected chi connectivity index (χ3v) is 4.18. The van der Waals surface area contributed by atoms with Crippen LogP contribution in [0.1, 0.15) is 12.5 Å². The van der Waals surface area contributed by atoms with E-state index in [1.165, 1.54) is 11.8 Å². The van der Waals surface area contributed by atoms with Crippen molar-refractivity contribution in [2.24, 2.45) is 0 Å². The van der Waals surface area contributed by atoms with Crippen LogP contribution in [0.25, 0.3) is 11.1 Å². The fourth-order valence-corrected chi connectivity index (χ4v) is 2.74. The molecule has 0 saturated carbocycles. The number of hydrogen-bond acceptors (Lipinski definition) is 4. The summed E-state index contributed by atoms with van der Waals surface area (Å²) < 4.78 is 5.63. The van der Waals surface area contributed by atoms with Gasteiger partial charge in [-0.15, -0.1) is 0 Å². The standard InChI is InChI=1S/C17H16N2O2S/c1-11-7-9-13(10-8-11)18-16(20)12(2)22-17-19-14-5-3-4-6-15(14)21-17/h3-10,12H,1-2H3,(H,18,20)/t12-/m0/s1. The average molecular weight is 312 g/mol. The van der Waals surface area contributed by atoms with Crippen LogP contribution in [0, 0.1) is 6.92 Å². The van der Waals surface area contributed by atoms with Crippen LogP contribution in [-0.4, -0.2) is 16.1 Å². The molecular formula is C17H16N2O2S. The lowest BCUT2D eigenvalue weighted by Crippen LogP contribution is -2.22. The van der Waals surface area contributed by atoms with Crippen molar-refractivity contribution >= 4 is 34.5 Å². The van der Waals surface area contributed by atoms with Gasteiger partial charge >= 0.3 is 0 Å². The van der Waals surface area contributed by atoms with Gasteiger partial charge in [0, 0.05) is 5.69 Å². The summed E-state index contributed by atoms with van der Waals surface area (Å²) in [7, 11) is 0. The van der Waals surface area contributed by atoms with Crippen LogP contribution in [0.3, 0.4) is 0 Å². The summed E-state index contributed by atoms with van der Waals surface area (Å²) in [5.74, 6) is -0.0730. The fourth-order valence-electron chi connectivity index (χ4n) is 1.99. The highest BCUT2D eigenvalue weighted by molar-refractivity contribution is 8.00. The number of aromatic nitrogens is 1. The topological polar surface area (TPSA) is 55.1 Å². The van der Waals surface area contributed by atoms with Gasteiger partial charge in [0.25, 0.3) is 5.22 Å². The molecule has 5 heteroatoms. The lowest BCUT2D eigenvalue weighted by Gasteiger charge is -2.10. The van der Waals surface area contributed by atoms with Crippen molar-refractivity contribution in [1.29, 1.82) is 0 Å². The fraction of sp³-hybridized carbons (Fsp3) is 0.176. The molecule has 3 aromatic rings. The van der Waals surface area contributed by atoms with Gasteiger partial charge in [-0.05, 0) is 38.1 Å². The molecule has 0 bridgehead atoms. The van der Waals surface area contributed by atoms with Crippen molar-refractivity contribution in [2.45, 2.75) is 24.3 Å². The van der Waals surface area contributed by atoms with E-state index in [4.69, 9.17) is 4.42 Å². The van der Waals surface area contributed by atoms with Gasteiger partial charge in [0.1, 0.15) is 5.52 Å². The zero-order valence-electron chi connectivity index (χ0n) is 12.4. The quantitative estimate of drug-likeness (QED) is 0.732. The molecule has 1 N–H and O–H groups in total. The highest BCUT2D eigenvalue weighted by Gasteiger charge is 2.18. The number of fused-ring (bicyclic) bond motifs is 1. The van der Waals surface area contributed by atoms with Crippen LogP contribution in [0.2, 0.25) is 0 Å². The lowest BCUT2D eigenvalue weighted by atomic mass is 10.2. The van der Waals surface area contributed by atoms with E-state index in [1.54, 1.807) is 0 Å². The van der Waals surface area contributed by atoms with Crippen molar-refractivity contribution in [3.8, 4) is 0 Å². The molecule has 0 aliphatic heterocycles. The maximum atomic E-state index is 12.2. The maximum Gasteiger partial charge on any atom is 0.257 e. The predicted molar refractivity (Wildman–Crippen MR) is 89.1 cm³/mol. The number of amides is 1. The molecule has 0 radical (unpaired) electrons. The summed E-state index contributed by atoms with van der Waals surface area (Å²) in [6.07, 6.45) is 0. The molecule has 1 atom stereocenters. The van der Waals surface area contributed by atoms with E-state index in [9.17, 15) is 4.79 Å². The zero-order valence-corrected chi connectivity index (χ0v) is 13.2. The van der Waals surface area contributed by atoms with E-state index < -0.39 is 0 Å². The monoisotopic (exact) mass is 312 g/mol. The number of para-hydroxylation sites is 2. The van der Waals surface area contributed by atoms with Gasteiger partial charge in [-0.2, -0.15) is 0 Å². The zero-order chi connectivity index (χ0) is 15.5. The Morgan fingerprint density at radius 1 is 1.18 bits per heavy atom. The van der Waals surface area contributed by atoms with E-state index in [0.717, 1.165) is 22.4 Å². The number of carbonyl (C=O) groups is 1. The first-order chi connectivity index (χ1) is 10.6. The number of aryl methyl sites for hydroxylation is 1. The number of nitrogens with one attached hydrogen (secondary N) is 1. The van der Waals surface area contributed by atoms with Crippen LogP contribution in [0.15, 0.2) is 58.2 Å². The number of rotatable bonds is 4. The summed E-state index contributed by atoms with van der Waals surface area (Å²) in [5.41, 5.74) is 3.49. The molecule has 0 aliphatic rings. The van der Waals surface area contributed by atoms with Crippen molar-refractivity contribution < 1.29 is 9.21 Å². The molecule has 2 aromatic carbocycles. The van der Waals surface area contributed by atoms with E-state index in [0.29, 0.717) is 5.22 Å². The molecular weight excluding hydrogens is 296 g/mol. The first kappa shape index (κ1) is 14.7. The van der Waals surface area contributed by atoms with Crippen LogP contribution >= 0.6 is 11.8 Å². The number of benzene rings is 2. The molecule has 3 rings (SSSR count). The maximum absolute atomic E-state index is 12.2. The summed E-state index contributed by atoms with van der Waals surface area (Å²) in [5, 5.41) is 3.10. The van der Waals surface area contributed by atoms with Crippen LogP contribution < -0.4 is 5.32 Å². The Hall–Kier alpha value is -2.27. The molecule has 0 aliphatic carbocycles. The molecule has 0 saturated heterocycles. The number of thioether (sulfide) groups is 1. The molecule has 1 aromatic heterocycles. The molecule has 1 heterocycles. The second-order valence-corrected chi connectivity index (χ2v) is 6.35. The number of anilines is 1. The normalized spacial score (nSPS) is 12.3. The Labute approximate surface area is 132 Å². The Morgan fingerprint density at radius 2 is 1.91 bits per heavy atom. The largest absolute Gasteiger partial charge is 0.431 e. The molecule has 22 heavy (non-hydrogen) atoms. The Kier molecular flexibility index (Phi) is 4.15. The van der Waals surface area contributed by atoms with Crippen molar-refractivity contribution in [3.05, 3.63) is 54.1 Å².